The van der Waals surface area contributed by atoms with E-state index < -0.39 is 30.0 Å². The summed E-state index contributed by atoms with van der Waals surface area (Å²) in [4.78, 5) is 17.8. The van der Waals surface area contributed by atoms with E-state index in [9.17, 15) is 8.78 Å². The molecule has 1 saturated heterocycles. The van der Waals surface area contributed by atoms with Gasteiger partial charge in [-0.3, -0.25) is 4.90 Å². The molecular weight excluding hydrogens is 473 g/mol. The minimum absolute atomic E-state index is 0.0267. The lowest BCUT2D eigenvalue weighted by molar-refractivity contribution is -0.0583. The first-order valence-electron chi connectivity index (χ1n) is 11.9. The first-order valence-corrected chi connectivity index (χ1v) is 11.9. The number of halogens is 3. The number of aliphatic hydroxyl groups excluding tert-OH is 1. The Morgan fingerprint density at radius 3 is 2.50 bits per heavy atom. The number of hydrogen-bond donors (Lipinski definition) is 2. The zero-order valence-corrected chi connectivity index (χ0v) is 20.8. The molecule has 3 aromatic rings. The minimum atomic E-state index is -3.68. The topological polar surface area (TPSA) is 86.6 Å². The molecule has 1 atom stereocenters. The van der Waals surface area contributed by atoms with Crippen LogP contribution in [0.15, 0.2) is 30.6 Å². The Morgan fingerprint density at radius 1 is 1.14 bits per heavy atom. The Morgan fingerprint density at radius 2 is 1.86 bits per heavy atom. The number of benzene rings is 1. The highest BCUT2D eigenvalue weighted by Crippen LogP contribution is 2.36. The van der Waals surface area contributed by atoms with Crippen LogP contribution in [0, 0.1) is 5.82 Å². The molecule has 8 nitrogen and oxygen atoms in total. The van der Waals surface area contributed by atoms with Gasteiger partial charge in [-0.15, -0.1) is 0 Å². The highest BCUT2D eigenvalue weighted by molar-refractivity contribution is 5.90. The number of nitrogens with zero attached hydrogens (tertiary/aromatic N) is 5. The van der Waals surface area contributed by atoms with Gasteiger partial charge in [0.05, 0.1) is 24.1 Å². The average Bonchev–Trinajstić information content (AvgIpc) is 2.88. The molecular formula is C25H31F3N6O2. The van der Waals surface area contributed by atoms with Crippen LogP contribution in [0.25, 0.3) is 11.0 Å². The Kier molecular flexibility index (Phi) is 7.51. The van der Waals surface area contributed by atoms with Gasteiger partial charge in [-0.05, 0) is 32.9 Å². The standard InChI is InChI=1S/C25H31F3N6O2/c1-15(2)33-8-10-34(11-9-33)20-12-18-22(29-14-30-23(18)32-24(20)36-4)31-16(3)17-6-5-7-19(21(17)26)25(27,28)13-35/h5-7,12,14-16,35H,8-11,13H2,1-4H3,(H,29,30,31,32)/t16-/m1/s1. The van der Waals surface area contributed by atoms with Crippen molar-refractivity contribution in [3.63, 3.8) is 0 Å². The molecule has 1 aliphatic heterocycles. The van der Waals surface area contributed by atoms with E-state index in [1.165, 1.54) is 18.5 Å². The molecule has 2 N–H and O–H groups in total. The lowest BCUT2D eigenvalue weighted by Crippen LogP contribution is -2.49. The maximum atomic E-state index is 15.0. The summed E-state index contributed by atoms with van der Waals surface area (Å²) in [6.07, 6.45) is 1.33. The number of aliphatic hydroxyl groups is 1. The zero-order chi connectivity index (χ0) is 26.0. The molecule has 11 heteroatoms. The molecule has 2 aromatic heterocycles. The third-order valence-corrected chi connectivity index (χ3v) is 6.59. The van der Waals surface area contributed by atoms with Crippen LogP contribution >= 0.6 is 0 Å². The van der Waals surface area contributed by atoms with Crippen LogP contribution in [-0.4, -0.2) is 70.9 Å². The van der Waals surface area contributed by atoms with Crippen LogP contribution in [0.3, 0.4) is 0 Å². The predicted octanol–water partition coefficient (Wildman–Crippen LogP) is 3.96. The van der Waals surface area contributed by atoms with Crippen molar-refractivity contribution in [2.24, 2.45) is 0 Å². The molecule has 3 heterocycles. The van der Waals surface area contributed by atoms with Crippen molar-refractivity contribution < 1.29 is 23.0 Å². The van der Waals surface area contributed by atoms with E-state index >= 15 is 4.39 Å². The second-order valence-electron chi connectivity index (χ2n) is 9.16. The molecule has 0 aliphatic carbocycles. The van der Waals surface area contributed by atoms with Gasteiger partial charge in [-0.25, -0.2) is 14.4 Å². The van der Waals surface area contributed by atoms with Crippen LogP contribution < -0.4 is 15.0 Å². The quantitative estimate of drug-likeness (QED) is 0.477. The average molecular weight is 505 g/mol. The summed E-state index contributed by atoms with van der Waals surface area (Å²) < 4.78 is 48.6. The summed E-state index contributed by atoms with van der Waals surface area (Å²) in [6, 6.07) is 5.39. The number of alkyl halides is 2. The Labute approximate surface area is 208 Å². The monoisotopic (exact) mass is 504 g/mol. The molecule has 0 bridgehead atoms. The summed E-state index contributed by atoms with van der Waals surface area (Å²) >= 11 is 0. The molecule has 0 saturated carbocycles. The van der Waals surface area contributed by atoms with Crippen LogP contribution in [0.5, 0.6) is 5.88 Å². The normalized spacial score (nSPS) is 16.0. The molecule has 1 aliphatic rings. The number of rotatable bonds is 8. The fraction of sp³-hybridized carbons (Fsp3) is 0.480. The molecule has 194 valence electrons. The Balaban J connectivity index is 1.67. The zero-order valence-electron chi connectivity index (χ0n) is 20.8. The van der Waals surface area contributed by atoms with Crippen LogP contribution in [-0.2, 0) is 5.92 Å². The highest BCUT2D eigenvalue weighted by Gasteiger charge is 2.35. The highest BCUT2D eigenvalue weighted by atomic mass is 19.3. The van der Waals surface area contributed by atoms with Crippen molar-refractivity contribution >= 4 is 22.5 Å². The first kappa shape index (κ1) is 25.9. The van der Waals surface area contributed by atoms with Crippen molar-refractivity contribution in [2.75, 3.05) is 50.1 Å². The van der Waals surface area contributed by atoms with Crippen molar-refractivity contribution in [2.45, 2.75) is 38.8 Å². The number of pyridine rings is 1. The van der Waals surface area contributed by atoms with Gasteiger partial charge in [-0.1, -0.05) is 12.1 Å². The predicted molar refractivity (Wildman–Crippen MR) is 132 cm³/mol. The molecule has 36 heavy (non-hydrogen) atoms. The first-order chi connectivity index (χ1) is 17.2. The fourth-order valence-electron chi connectivity index (χ4n) is 4.47. The van der Waals surface area contributed by atoms with Gasteiger partial charge < -0.3 is 20.1 Å². The summed E-state index contributed by atoms with van der Waals surface area (Å²) in [7, 11) is 1.56. The van der Waals surface area contributed by atoms with E-state index in [4.69, 9.17) is 9.84 Å². The van der Waals surface area contributed by atoms with Gasteiger partial charge in [-0.2, -0.15) is 13.8 Å². The van der Waals surface area contributed by atoms with Crippen molar-refractivity contribution in [3.8, 4) is 5.88 Å². The Hall–Kier alpha value is -3.18. The molecule has 0 spiro atoms. The third kappa shape index (κ3) is 5.03. The van der Waals surface area contributed by atoms with Crippen LogP contribution in [0.4, 0.5) is 24.7 Å². The summed E-state index contributed by atoms with van der Waals surface area (Å²) in [5, 5.41) is 12.7. The fourth-order valence-corrected chi connectivity index (χ4v) is 4.47. The molecule has 4 rings (SSSR count). The van der Waals surface area contributed by atoms with Gasteiger partial charge >= 0.3 is 0 Å². The van der Waals surface area contributed by atoms with Crippen molar-refractivity contribution in [3.05, 3.63) is 47.5 Å². The summed E-state index contributed by atoms with van der Waals surface area (Å²) in [5.74, 6) is -3.92. The lowest BCUT2D eigenvalue weighted by atomic mass is 10.0. The molecule has 0 unspecified atom stereocenters. The number of anilines is 2. The van der Waals surface area contributed by atoms with Gasteiger partial charge in [0.1, 0.15) is 30.3 Å². The van der Waals surface area contributed by atoms with E-state index in [1.807, 2.05) is 6.07 Å². The number of hydrogen-bond acceptors (Lipinski definition) is 8. The maximum absolute atomic E-state index is 15.0. The number of ether oxygens (including phenoxy) is 1. The third-order valence-electron chi connectivity index (χ3n) is 6.59. The van der Waals surface area contributed by atoms with Crippen molar-refractivity contribution in [1.82, 2.24) is 19.9 Å². The van der Waals surface area contributed by atoms with Gasteiger partial charge in [0.15, 0.2) is 5.65 Å². The molecule has 1 aromatic carbocycles. The molecule has 0 amide bonds. The van der Waals surface area contributed by atoms with Gasteiger partial charge in [0, 0.05) is 37.8 Å². The van der Waals surface area contributed by atoms with Gasteiger partial charge in [0.2, 0.25) is 5.88 Å². The number of nitrogens with one attached hydrogen (secondary N) is 1. The van der Waals surface area contributed by atoms with E-state index in [-0.39, 0.29) is 5.56 Å². The van der Waals surface area contributed by atoms with E-state index in [1.54, 1.807) is 14.0 Å². The Bertz CT molecular complexity index is 1220. The molecule has 0 radical (unpaired) electrons. The molecule has 1 fully saturated rings. The minimum Gasteiger partial charge on any atom is -0.479 e. The smallest absolute Gasteiger partial charge is 0.298 e. The van der Waals surface area contributed by atoms with Crippen LogP contribution in [0.1, 0.15) is 37.9 Å². The second kappa shape index (κ2) is 10.4. The lowest BCUT2D eigenvalue weighted by Gasteiger charge is -2.38. The number of fused-ring (bicyclic) bond motifs is 1. The van der Waals surface area contributed by atoms with E-state index in [2.05, 4.69) is 43.9 Å². The summed E-state index contributed by atoms with van der Waals surface area (Å²) in [6.45, 7) is 7.92. The number of piperazine rings is 1. The number of methoxy groups -OCH3 is 1. The van der Waals surface area contributed by atoms with E-state index in [0.29, 0.717) is 28.8 Å². The van der Waals surface area contributed by atoms with E-state index in [0.717, 1.165) is 37.9 Å². The van der Waals surface area contributed by atoms with Crippen LogP contribution in [0.2, 0.25) is 0 Å². The summed E-state index contributed by atoms with van der Waals surface area (Å²) in [5.41, 5.74) is 0.369. The largest absolute Gasteiger partial charge is 0.479 e. The maximum Gasteiger partial charge on any atom is 0.298 e. The number of aromatic nitrogens is 3. The SMILES string of the molecule is COc1nc2ncnc(N[C@H](C)c3cccc(C(F)(F)CO)c3F)c2cc1N1CCN(C(C)C)CC1. The van der Waals surface area contributed by atoms with Gasteiger partial charge in [0.25, 0.3) is 5.92 Å². The van der Waals surface area contributed by atoms with Crippen molar-refractivity contribution in [1.29, 1.82) is 0 Å². The second-order valence-corrected chi connectivity index (χ2v) is 9.16.